The van der Waals surface area contributed by atoms with E-state index in [4.69, 9.17) is 0 Å². The molecule has 2 heterocycles. The van der Waals surface area contributed by atoms with Crippen LogP contribution in [-0.2, 0) is 0 Å². The lowest BCUT2D eigenvalue weighted by atomic mass is 10.2. The Morgan fingerprint density at radius 1 is 0.625 bits per heavy atom. The Kier molecular flexibility index (Phi) is 15.9. The van der Waals surface area contributed by atoms with Crippen LogP contribution in [0.2, 0.25) is 0 Å². The summed E-state index contributed by atoms with van der Waals surface area (Å²) in [6.45, 7) is 0. The van der Waals surface area contributed by atoms with Crippen molar-refractivity contribution in [3.8, 4) is 11.4 Å². The molecule has 0 saturated heterocycles. The number of pyridine rings is 2. The van der Waals surface area contributed by atoms with Gasteiger partial charge in [-0.3, -0.25) is 30.6 Å². The van der Waals surface area contributed by atoms with Gasteiger partial charge >= 0.3 is 26.5 Å². The first kappa shape index (κ1) is 26.6. The van der Waals surface area contributed by atoms with Crippen LogP contribution in [-0.4, -0.2) is 15.1 Å². The van der Waals surface area contributed by atoms with Crippen molar-refractivity contribution in [2.75, 3.05) is 0 Å². The zero-order valence-corrected chi connectivity index (χ0v) is 11.5. The van der Waals surface area contributed by atoms with E-state index < -0.39 is 15.1 Å². The second-order valence-electron chi connectivity index (χ2n) is 3.29. The maximum absolute atomic E-state index is 13.2. The Hall–Kier alpha value is -2.27. The molecule has 14 heteroatoms. The van der Waals surface area contributed by atoms with Gasteiger partial charge in [0, 0.05) is 33.8 Å². The Morgan fingerprint density at radius 2 is 0.875 bits per heavy atom. The Balaban J connectivity index is -0.000000378. The van der Waals surface area contributed by atoms with E-state index in [2.05, 4.69) is 0 Å². The number of hydrogen-bond acceptors (Lipinski definition) is 0. The molecule has 0 spiro atoms. The van der Waals surface area contributed by atoms with Crippen molar-refractivity contribution in [3.63, 3.8) is 0 Å². The van der Waals surface area contributed by atoms with E-state index in [1.807, 2.05) is 0 Å². The van der Waals surface area contributed by atoms with Gasteiger partial charge in [-0.2, -0.15) is 0 Å². The minimum Gasteiger partial charge on any atom is -1.00 e. The molecule has 2 aromatic heterocycles. The standard InChI is InChI=1S/C10H8F2N2.2BF3.2FH/c11-13-7-3-1-5-9(13)10-6-2-4-8-14(10)12;2*2-1(3)4;;/h1-8H;;;2*1H/q+2;;;;/p-1. The second-order valence-corrected chi connectivity index (χ2v) is 3.29. The fraction of sp³-hybridized carbons (Fsp3) is 0. The summed E-state index contributed by atoms with van der Waals surface area (Å²) in [4.78, 5) is 0.761. The Morgan fingerprint density at radius 3 is 1.08 bits per heavy atom. The van der Waals surface area contributed by atoms with Gasteiger partial charge < -0.3 is 4.70 Å². The fourth-order valence-corrected chi connectivity index (χ4v) is 1.24. The van der Waals surface area contributed by atoms with Crippen LogP contribution in [0.25, 0.3) is 11.4 Å². The van der Waals surface area contributed by atoms with Crippen molar-refractivity contribution < 1.29 is 53.8 Å². The highest BCUT2D eigenvalue weighted by molar-refractivity contribution is 6.33. The highest BCUT2D eigenvalue weighted by Gasteiger charge is 2.23. The molecule has 134 valence electrons. The van der Waals surface area contributed by atoms with Crippen molar-refractivity contribution in [2.45, 2.75) is 0 Å². The zero-order chi connectivity index (χ0) is 17.1. The topological polar surface area (TPSA) is 7.76 Å². The van der Waals surface area contributed by atoms with Crippen LogP contribution in [0.15, 0.2) is 48.8 Å². The summed E-state index contributed by atoms with van der Waals surface area (Å²) in [6.07, 6.45) is 2.45. The third kappa shape index (κ3) is 12.3. The molecule has 0 aliphatic rings. The molecule has 0 atom stereocenters. The number of aromatic nitrogens is 2. The number of halogens is 10. The molecule has 0 aliphatic heterocycles. The van der Waals surface area contributed by atoms with Crippen molar-refractivity contribution in [1.29, 1.82) is 0 Å². The van der Waals surface area contributed by atoms with Crippen LogP contribution >= 0.6 is 0 Å². The van der Waals surface area contributed by atoms with Crippen molar-refractivity contribution in [3.05, 3.63) is 48.8 Å². The first-order valence-corrected chi connectivity index (χ1v) is 5.44. The second kappa shape index (κ2) is 14.3. The molecule has 0 fully saturated rings. The number of rotatable bonds is 1. The molecule has 24 heavy (non-hydrogen) atoms. The van der Waals surface area contributed by atoms with Crippen LogP contribution in [0.1, 0.15) is 0 Å². The molecular formula is C10H9B2F10N2+. The van der Waals surface area contributed by atoms with Gasteiger partial charge in [-0.1, -0.05) is 0 Å². The van der Waals surface area contributed by atoms with Crippen LogP contribution in [0.4, 0.5) is 39.6 Å². The van der Waals surface area contributed by atoms with Crippen molar-refractivity contribution in [1.82, 2.24) is 0 Å². The van der Waals surface area contributed by atoms with E-state index in [9.17, 15) is 34.9 Å². The Bertz CT molecular complexity index is 506. The molecular weight excluding hydrogens is 360 g/mol. The molecule has 2 aromatic rings. The largest absolute Gasteiger partial charge is 1.00 e. The highest BCUT2D eigenvalue weighted by atomic mass is 19.4. The third-order valence-corrected chi connectivity index (χ3v) is 1.89. The summed E-state index contributed by atoms with van der Waals surface area (Å²) >= 11 is 0. The summed E-state index contributed by atoms with van der Waals surface area (Å²) in [5.41, 5.74) is 0.353. The van der Waals surface area contributed by atoms with Gasteiger partial charge in [-0.25, -0.2) is 0 Å². The molecule has 0 radical (unpaired) electrons. The lowest BCUT2D eigenvalue weighted by Crippen LogP contribution is -3.00. The number of hydrogen-bond donors (Lipinski definition) is 0. The first-order valence-electron chi connectivity index (χ1n) is 5.44. The Labute approximate surface area is 130 Å². The van der Waals surface area contributed by atoms with E-state index in [1.54, 1.807) is 12.1 Å². The summed E-state index contributed by atoms with van der Waals surface area (Å²) in [5.74, 6) is 0. The summed E-state index contributed by atoms with van der Waals surface area (Å²) in [6, 6.07) is 9.39. The molecule has 0 N–H and O–H groups in total. The summed E-state index contributed by atoms with van der Waals surface area (Å²) < 4.78 is 84.4. The van der Waals surface area contributed by atoms with Gasteiger partial charge in [0.25, 0.3) is 0 Å². The maximum atomic E-state index is 13.2. The van der Waals surface area contributed by atoms with Crippen LogP contribution in [0.3, 0.4) is 0 Å². The minimum absolute atomic E-state index is 0. The normalized spacial score (nSPS) is 8.17. The molecule has 0 bridgehead atoms. The van der Waals surface area contributed by atoms with Crippen molar-refractivity contribution in [2.24, 2.45) is 0 Å². The van der Waals surface area contributed by atoms with Gasteiger partial charge in [0.15, 0.2) is 0 Å². The molecule has 0 aromatic carbocycles. The average molecular weight is 369 g/mol. The van der Waals surface area contributed by atoms with E-state index >= 15 is 0 Å². The van der Waals surface area contributed by atoms with Gasteiger partial charge in [0.05, 0.1) is 8.96 Å². The van der Waals surface area contributed by atoms with Gasteiger partial charge in [-0.05, 0) is 12.1 Å². The van der Waals surface area contributed by atoms with Gasteiger partial charge in [-0.15, -0.1) is 0 Å². The average Bonchev–Trinajstić information content (AvgIpc) is 2.39. The fourth-order valence-electron chi connectivity index (χ4n) is 1.24. The van der Waals surface area contributed by atoms with Crippen LogP contribution in [0, 0.1) is 0 Å². The van der Waals surface area contributed by atoms with Crippen LogP contribution in [0.5, 0.6) is 0 Å². The maximum Gasteiger partial charge on any atom is 0.762 e. The predicted molar refractivity (Wildman–Crippen MR) is 65.9 cm³/mol. The smallest absolute Gasteiger partial charge is 0.762 e. The minimum atomic E-state index is -3.67. The molecule has 0 amide bonds. The zero-order valence-electron chi connectivity index (χ0n) is 11.5. The molecule has 0 saturated carbocycles. The molecule has 0 unspecified atom stereocenters. The highest BCUT2D eigenvalue weighted by Crippen LogP contribution is 2.09. The lowest BCUT2D eigenvalue weighted by Gasteiger charge is -1.89. The third-order valence-electron chi connectivity index (χ3n) is 1.89. The van der Waals surface area contributed by atoms with Crippen LogP contribution < -0.4 is 14.3 Å². The summed E-state index contributed by atoms with van der Waals surface area (Å²) in [7, 11) is -7.33. The van der Waals surface area contributed by atoms with Gasteiger partial charge in [0.1, 0.15) is 0 Å². The van der Waals surface area contributed by atoms with Crippen molar-refractivity contribution >= 4 is 15.1 Å². The molecule has 0 aliphatic carbocycles. The molecule has 2 nitrogen and oxygen atoms in total. The quantitative estimate of drug-likeness (QED) is 0.506. The van der Waals surface area contributed by atoms with E-state index in [-0.39, 0.29) is 20.8 Å². The molecule has 2 rings (SSSR count). The lowest BCUT2D eigenvalue weighted by molar-refractivity contribution is -0.859. The van der Waals surface area contributed by atoms with E-state index in [1.165, 1.54) is 36.7 Å². The predicted octanol–water partition coefficient (Wildman–Crippen LogP) is 0.310. The SMILES string of the molecule is F.FB(F)F.FB(F)F.F[n+]1ccccc1-c1cccc[n+]1F.[F-]. The monoisotopic (exact) mass is 369 g/mol. The van der Waals surface area contributed by atoms with E-state index in [0.29, 0.717) is 9.58 Å². The van der Waals surface area contributed by atoms with E-state index in [0.717, 1.165) is 0 Å². The first-order chi connectivity index (χ1) is 10.3. The summed E-state index contributed by atoms with van der Waals surface area (Å²) in [5, 5.41) is 0. The number of nitrogens with zero attached hydrogens (tertiary/aromatic N) is 2. The van der Waals surface area contributed by atoms with Gasteiger partial charge in [0.2, 0.25) is 12.4 Å².